The van der Waals surface area contributed by atoms with Crippen molar-refractivity contribution in [2.24, 2.45) is 5.73 Å². The van der Waals surface area contributed by atoms with Crippen molar-refractivity contribution in [1.29, 1.82) is 0 Å². The molecule has 4 heteroatoms. The lowest BCUT2D eigenvalue weighted by Gasteiger charge is -2.21. The number of anilines is 1. The number of benzene rings is 1. The summed E-state index contributed by atoms with van der Waals surface area (Å²) in [5.41, 5.74) is 8.06. The molecule has 0 aliphatic carbocycles. The maximum atomic E-state index is 12.1. The maximum Gasteiger partial charge on any atom is 0.243 e. The summed E-state index contributed by atoms with van der Waals surface area (Å²) < 4.78 is 0. The fraction of sp³-hybridized carbons (Fsp3) is 0.500. The second kappa shape index (κ2) is 7.44. The van der Waals surface area contributed by atoms with Crippen LogP contribution in [0.15, 0.2) is 24.3 Å². The highest BCUT2D eigenvalue weighted by Crippen LogP contribution is 2.15. The molecule has 1 rings (SSSR count). The van der Waals surface area contributed by atoms with Gasteiger partial charge in [0.1, 0.15) is 0 Å². The molecular formula is C14H22N2OS. The SMILES string of the molecule is CCc1ccc(N(C)C(=O)[C@@H](N)CCSC)cc1. The van der Waals surface area contributed by atoms with Gasteiger partial charge in [-0.3, -0.25) is 4.79 Å². The minimum absolute atomic E-state index is 0.0201. The van der Waals surface area contributed by atoms with Crippen molar-refractivity contribution < 1.29 is 4.79 Å². The fourth-order valence-electron chi connectivity index (χ4n) is 1.70. The number of thioether (sulfide) groups is 1. The van der Waals surface area contributed by atoms with Crippen molar-refractivity contribution in [3.05, 3.63) is 29.8 Å². The predicted molar refractivity (Wildman–Crippen MR) is 80.2 cm³/mol. The van der Waals surface area contributed by atoms with Crippen molar-refractivity contribution in [3.8, 4) is 0 Å². The monoisotopic (exact) mass is 266 g/mol. The summed E-state index contributed by atoms with van der Waals surface area (Å²) in [6.07, 6.45) is 3.74. The topological polar surface area (TPSA) is 46.3 Å². The molecule has 0 heterocycles. The predicted octanol–water partition coefficient (Wildman–Crippen LogP) is 2.29. The van der Waals surface area contributed by atoms with E-state index in [9.17, 15) is 4.79 Å². The highest BCUT2D eigenvalue weighted by molar-refractivity contribution is 7.98. The Morgan fingerprint density at radius 1 is 1.39 bits per heavy atom. The average Bonchev–Trinajstić information content (AvgIpc) is 2.43. The van der Waals surface area contributed by atoms with Gasteiger partial charge in [0.25, 0.3) is 0 Å². The average molecular weight is 266 g/mol. The lowest BCUT2D eigenvalue weighted by atomic mass is 10.1. The van der Waals surface area contributed by atoms with Crippen molar-refractivity contribution in [3.63, 3.8) is 0 Å². The van der Waals surface area contributed by atoms with Gasteiger partial charge in [-0.1, -0.05) is 19.1 Å². The van der Waals surface area contributed by atoms with Crippen LogP contribution in [0.1, 0.15) is 18.9 Å². The zero-order valence-electron chi connectivity index (χ0n) is 11.3. The highest BCUT2D eigenvalue weighted by Gasteiger charge is 2.18. The number of rotatable bonds is 6. The summed E-state index contributed by atoms with van der Waals surface area (Å²) in [6, 6.07) is 7.63. The van der Waals surface area contributed by atoms with Gasteiger partial charge in [-0.15, -0.1) is 0 Å². The van der Waals surface area contributed by atoms with Crippen LogP contribution in [-0.4, -0.2) is 31.0 Å². The van der Waals surface area contributed by atoms with Crippen LogP contribution in [0.4, 0.5) is 5.69 Å². The van der Waals surface area contributed by atoms with Crippen molar-refractivity contribution in [1.82, 2.24) is 0 Å². The number of aryl methyl sites for hydroxylation is 1. The molecule has 0 spiro atoms. The summed E-state index contributed by atoms with van der Waals surface area (Å²) in [5.74, 6) is 0.892. The van der Waals surface area contributed by atoms with Crippen LogP contribution in [-0.2, 0) is 11.2 Å². The Balaban J connectivity index is 2.67. The van der Waals surface area contributed by atoms with Crippen LogP contribution in [0.5, 0.6) is 0 Å². The Hall–Kier alpha value is -1.00. The van der Waals surface area contributed by atoms with Gasteiger partial charge >= 0.3 is 0 Å². The number of amides is 1. The first-order valence-corrected chi connectivity index (χ1v) is 7.60. The Morgan fingerprint density at radius 3 is 2.50 bits per heavy atom. The Morgan fingerprint density at radius 2 is 2.00 bits per heavy atom. The van der Waals surface area contributed by atoms with Crippen molar-refractivity contribution in [2.75, 3.05) is 24.0 Å². The first kappa shape index (κ1) is 15.1. The van der Waals surface area contributed by atoms with Gasteiger partial charge < -0.3 is 10.6 Å². The molecule has 100 valence electrons. The number of hydrogen-bond acceptors (Lipinski definition) is 3. The third-order valence-corrected chi connectivity index (χ3v) is 3.66. The van der Waals surface area contributed by atoms with E-state index in [4.69, 9.17) is 5.73 Å². The van der Waals surface area contributed by atoms with E-state index in [1.165, 1.54) is 5.56 Å². The van der Waals surface area contributed by atoms with E-state index in [1.54, 1.807) is 23.7 Å². The highest BCUT2D eigenvalue weighted by atomic mass is 32.2. The molecule has 0 radical (unpaired) electrons. The minimum atomic E-state index is -0.409. The Kier molecular flexibility index (Phi) is 6.22. The molecule has 0 bridgehead atoms. The molecule has 0 saturated heterocycles. The van der Waals surface area contributed by atoms with E-state index in [-0.39, 0.29) is 5.91 Å². The first-order valence-electron chi connectivity index (χ1n) is 6.21. The zero-order valence-corrected chi connectivity index (χ0v) is 12.2. The van der Waals surface area contributed by atoms with E-state index in [0.29, 0.717) is 0 Å². The summed E-state index contributed by atoms with van der Waals surface area (Å²) >= 11 is 1.71. The molecule has 18 heavy (non-hydrogen) atoms. The number of likely N-dealkylation sites (N-methyl/N-ethyl adjacent to an activating group) is 1. The van der Waals surface area contributed by atoms with Crippen LogP contribution in [0.25, 0.3) is 0 Å². The maximum absolute atomic E-state index is 12.1. The van der Waals surface area contributed by atoms with Gasteiger partial charge in [0.05, 0.1) is 6.04 Å². The number of hydrogen-bond donors (Lipinski definition) is 1. The van der Waals surface area contributed by atoms with Crippen LogP contribution in [0.2, 0.25) is 0 Å². The molecule has 1 atom stereocenters. The second-order valence-corrected chi connectivity index (χ2v) is 5.29. The quantitative estimate of drug-likeness (QED) is 0.859. The van der Waals surface area contributed by atoms with Crippen LogP contribution >= 0.6 is 11.8 Å². The third-order valence-electron chi connectivity index (χ3n) is 3.01. The fourth-order valence-corrected chi connectivity index (χ4v) is 2.19. The number of carbonyl (C=O) groups excluding carboxylic acids is 1. The molecule has 0 unspecified atom stereocenters. The summed E-state index contributed by atoms with van der Waals surface area (Å²) in [5, 5.41) is 0. The molecule has 0 aromatic heterocycles. The molecule has 1 amide bonds. The Bertz CT molecular complexity index is 378. The van der Waals surface area contributed by atoms with Crippen LogP contribution in [0.3, 0.4) is 0 Å². The van der Waals surface area contributed by atoms with Gasteiger partial charge in [-0.05, 0) is 42.5 Å². The molecule has 0 saturated carbocycles. The molecular weight excluding hydrogens is 244 g/mol. The molecule has 3 nitrogen and oxygen atoms in total. The van der Waals surface area contributed by atoms with E-state index >= 15 is 0 Å². The molecule has 0 fully saturated rings. The van der Waals surface area contributed by atoms with E-state index in [1.807, 2.05) is 30.5 Å². The number of nitrogens with zero attached hydrogens (tertiary/aromatic N) is 1. The van der Waals surface area contributed by atoms with Crippen molar-refractivity contribution >= 4 is 23.4 Å². The number of nitrogens with two attached hydrogens (primary N) is 1. The largest absolute Gasteiger partial charge is 0.320 e. The molecule has 1 aromatic rings. The summed E-state index contributed by atoms with van der Waals surface area (Å²) in [7, 11) is 1.78. The smallest absolute Gasteiger partial charge is 0.243 e. The normalized spacial score (nSPS) is 12.2. The Labute approximate surface area is 114 Å². The standard InChI is InChI=1S/C14H22N2OS/c1-4-11-5-7-12(8-6-11)16(2)14(17)13(15)9-10-18-3/h5-8,13H,4,9-10,15H2,1-3H3/t13-/m0/s1. The lowest BCUT2D eigenvalue weighted by Crippen LogP contribution is -2.42. The van der Waals surface area contributed by atoms with Gasteiger partial charge in [0.15, 0.2) is 0 Å². The summed E-state index contributed by atoms with van der Waals surface area (Å²) in [6.45, 7) is 2.11. The van der Waals surface area contributed by atoms with Crippen molar-refractivity contribution in [2.45, 2.75) is 25.8 Å². The molecule has 0 aliphatic rings. The van der Waals surface area contributed by atoms with Gasteiger partial charge in [-0.2, -0.15) is 11.8 Å². The van der Waals surface area contributed by atoms with Crippen LogP contribution < -0.4 is 10.6 Å². The first-order chi connectivity index (χ1) is 8.60. The van der Waals surface area contributed by atoms with E-state index in [2.05, 4.69) is 6.92 Å². The minimum Gasteiger partial charge on any atom is -0.320 e. The third kappa shape index (κ3) is 4.03. The molecule has 0 aliphatic heterocycles. The van der Waals surface area contributed by atoms with Gasteiger partial charge in [-0.25, -0.2) is 0 Å². The number of carbonyl (C=O) groups is 1. The second-order valence-electron chi connectivity index (χ2n) is 4.31. The summed E-state index contributed by atoms with van der Waals surface area (Å²) in [4.78, 5) is 13.7. The lowest BCUT2D eigenvalue weighted by molar-refractivity contribution is -0.119. The zero-order chi connectivity index (χ0) is 13.5. The van der Waals surface area contributed by atoms with Gasteiger partial charge in [0.2, 0.25) is 5.91 Å². The molecule has 1 aromatic carbocycles. The van der Waals surface area contributed by atoms with E-state index in [0.717, 1.165) is 24.3 Å². The van der Waals surface area contributed by atoms with E-state index < -0.39 is 6.04 Å². The van der Waals surface area contributed by atoms with Gasteiger partial charge in [0, 0.05) is 12.7 Å². The molecule has 2 N–H and O–H groups in total. The van der Waals surface area contributed by atoms with Crippen LogP contribution in [0, 0.1) is 0 Å².